The average molecular weight is 304 g/mol. The molecular formula is C19H28O3. The molecule has 2 N–H and O–H groups in total. The fourth-order valence-electron chi connectivity index (χ4n) is 6.59. The predicted molar refractivity (Wildman–Crippen MR) is 84.1 cm³/mol. The van der Waals surface area contributed by atoms with Crippen LogP contribution < -0.4 is 0 Å². The topological polar surface area (TPSA) is 57.5 Å². The second-order valence-corrected chi connectivity index (χ2v) is 8.75. The Morgan fingerprint density at radius 3 is 2.68 bits per heavy atom. The highest BCUT2D eigenvalue weighted by Crippen LogP contribution is 2.65. The Morgan fingerprint density at radius 1 is 1.14 bits per heavy atom. The fraction of sp³-hybridized carbons (Fsp3) is 0.842. The highest BCUT2D eigenvalue weighted by atomic mass is 16.3. The number of carbonyl (C=O) groups is 1. The van der Waals surface area contributed by atoms with Gasteiger partial charge >= 0.3 is 0 Å². The van der Waals surface area contributed by atoms with Gasteiger partial charge < -0.3 is 10.2 Å². The summed E-state index contributed by atoms with van der Waals surface area (Å²) in [6, 6.07) is 0. The summed E-state index contributed by atoms with van der Waals surface area (Å²) in [5.74, 6) is 1.60. The minimum absolute atomic E-state index is 0.108. The van der Waals surface area contributed by atoms with Crippen LogP contribution in [0, 0.1) is 28.6 Å². The van der Waals surface area contributed by atoms with Gasteiger partial charge in [-0.3, -0.25) is 4.79 Å². The van der Waals surface area contributed by atoms with E-state index in [0.717, 1.165) is 32.1 Å². The molecule has 0 aliphatic heterocycles. The highest BCUT2D eigenvalue weighted by Gasteiger charge is 2.61. The first kappa shape index (κ1) is 14.9. The smallest absolute Gasteiger partial charge is 0.155 e. The van der Waals surface area contributed by atoms with E-state index in [0.29, 0.717) is 30.5 Å². The summed E-state index contributed by atoms with van der Waals surface area (Å²) < 4.78 is 0. The van der Waals surface area contributed by atoms with Crippen molar-refractivity contribution in [2.24, 2.45) is 28.6 Å². The molecule has 0 saturated heterocycles. The molecule has 0 aromatic carbocycles. The maximum Gasteiger partial charge on any atom is 0.155 e. The number of aliphatic hydroxyl groups is 2. The molecule has 122 valence electrons. The van der Waals surface area contributed by atoms with Crippen molar-refractivity contribution in [2.45, 2.75) is 71.0 Å². The summed E-state index contributed by atoms with van der Waals surface area (Å²) in [6.07, 6.45) is 7.62. The molecule has 3 saturated carbocycles. The van der Waals surface area contributed by atoms with Crippen LogP contribution in [0.5, 0.6) is 0 Å². The monoisotopic (exact) mass is 304 g/mol. The van der Waals surface area contributed by atoms with E-state index in [1.165, 1.54) is 5.57 Å². The Labute approximate surface area is 132 Å². The lowest BCUT2D eigenvalue weighted by atomic mass is 9.47. The number of aliphatic hydroxyl groups excluding tert-OH is 2. The van der Waals surface area contributed by atoms with Crippen LogP contribution >= 0.6 is 0 Å². The maximum absolute atomic E-state index is 11.8. The van der Waals surface area contributed by atoms with Crippen molar-refractivity contribution in [3.63, 3.8) is 0 Å². The van der Waals surface area contributed by atoms with Crippen molar-refractivity contribution in [3.8, 4) is 0 Å². The van der Waals surface area contributed by atoms with Crippen LogP contribution in [0.4, 0.5) is 0 Å². The van der Waals surface area contributed by atoms with Crippen molar-refractivity contribution in [3.05, 3.63) is 11.6 Å². The zero-order chi connectivity index (χ0) is 15.7. The Balaban J connectivity index is 1.71. The van der Waals surface area contributed by atoms with Gasteiger partial charge in [0.2, 0.25) is 0 Å². The van der Waals surface area contributed by atoms with E-state index in [1.54, 1.807) is 0 Å². The third kappa shape index (κ3) is 1.78. The van der Waals surface area contributed by atoms with Crippen molar-refractivity contribution in [2.75, 3.05) is 0 Å². The summed E-state index contributed by atoms with van der Waals surface area (Å²) in [4.78, 5) is 11.8. The van der Waals surface area contributed by atoms with Gasteiger partial charge in [-0.1, -0.05) is 19.4 Å². The van der Waals surface area contributed by atoms with Crippen LogP contribution in [0.2, 0.25) is 0 Å². The predicted octanol–water partition coefficient (Wildman–Crippen LogP) is 2.85. The third-order valence-corrected chi connectivity index (χ3v) is 7.90. The second-order valence-electron chi connectivity index (χ2n) is 8.75. The number of fused-ring (bicyclic) bond motifs is 5. The van der Waals surface area contributed by atoms with Crippen LogP contribution in [-0.2, 0) is 4.79 Å². The van der Waals surface area contributed by atoms with Gasteiger partial charge in [-0.05, 0) is 66.8 Å². The van der Waals surface area contributed by atoms with Crippen LogP contribution in [0.1, 0.15) is 58.8 Å². The number of allylic oxidation sites excluding steroid dienone is 1. The standard InChI is InChI=1S/C19H28O3/c1-18-7-5-12(20)9-11(18)3-4-13-14(18)6-8-19(2)16(22)10-15(21)17(13)19/h9,13-17,21-22H,3-8,10H2,1-2H3/t13-,14?,15-,16+,17?,18+,19-/m1/s1. The first-order chi connectivity index (χ1) is 10.4. The van der Waals surface area contributed by atoms with E-state index in [-0.39, 0.29) is 29.0 Å². The van der Waals surface area contributed by atoms with Gasteiger partial charge in [0.25, 0.3) is 0 Å². The van der Waals surface area contributed by atoms with Gasteiger partial charge in [-0.15, -0.1) is 0 Å². The van der Waals surface area contributed by atoms with E-state index < -0.39 is 0 Å². The first-order valence-corrected chi connectivity index (χ1v) is 8.96. The molecular weight excluding hydrogens is 276 g/mol. The van der Waals surface area contributed by atoms with Crippen molar-refractivity contribution in [1.29, 1.82) is 0 Å². The highest BCUT2D eigenvalue weighted by molar-refractivity contribution is 5.91. The van der Waals surface area contributed by atoms with Gasteiger partial charge in [-0.2, -0.15) is 0 Å². The van der Waals surface area contributed by atoms with Crippen LogP contribution in [0.3, 0.4) is 0 Å². The summed E-state index contributed by atoms with van der Waals surface area (Å²) in [6.45, 7) is 4.54. The van der Waals surface area contributed by atoms with Gasteiger partial charge in [0.15, 0.2) is 5.78 Å². The molecule has 22 heavy (non-hydrogen) atoms. The molecule has 4 aliphatic rings. The van der Waals surface area contributed by atoms with Gasteiger partial charge in [0.1, 0.15) is 0 Å². The molecule has 0 heterocycles. The molecule has 3 nitrogen and oxygen atoms in total. The molecule has 7 atom stereocenters. The van der Waals surface area contributed by atoms with E-state index in [9.17, 15) is 15.0 Å². The molecule has 2 unspecified atom stereocenters. The van der Waals surface area contributed by atoms with E-state index >= 15 is 0 Å². The number of ketones is 1. The lowest BCUT2D eigenvalue weighted by Gasteiger charge is -2.58. The van der Waals surface area contributed by atoms with Crippen LogP contribution in [0.15, 0.2) is 11.6 Å². The zero-order valence-electron chi connectivity index (χ0n) is 13.7. The molecule has 0 bridgehead atoms. The molecule has 0 spiro atoms. The molecule has 4 rings (SSSR count). The van der Waals surface area contributed by atoms with Crippen molar-refractivity contribution < 1.29 is 15.0 Å². The van der Waals surface area contributed by atoms with E-state index in [4.69, 9.17) is 0 Å². The van der Waals surface area contributed by atoms with Crippen molar-refractivity contribution >= 4 is 5.78 Å². The largest absolute Gasteiger partial charge is 0.393 e. The fourth-order valence-corrected chi connectivity index (χ4v) is 6.59. The van der Waals surface area contributed by atoms with Crippen molar-refractivity contribution in [1.82, 2.24) is 0 Å². The third-order valence-electron chi connectivity index (χ3n) is 7.90. The minimum Gasteiger partial charge on any atom is -0.393 e. The summed E-state index contributed by atoms with van der Waals surface area (Å²) in [7, 11) is 0. The van der Waals surface area contributed by atoms with Crippen LogP contribution in [0.25, 0.3) is 0 Å². The molecule has 0 amide bonds. The maximum atomic E-state index is 11.8. The molecule has 3 heteroatoms. The van der Waals surface area contributed by atoms with E-state index in [1.807, 2.05) is 6.08 Å². The Hall–Kier alpha value is -0.670. The normalized spacial score (nSPS) is 54.3. The lowest BCUT2D eigenvalue weighted by Crippen LogP contribution is -2.52. The number of hydrogen-bond donors (Lipinski definition) is 2. The molecule has 0 aromatic rings. The van der Waals surface area contributed by atoms with E-state index in [2.05, 4.69) is 13.8 Å². The average Bonchev–Trinajstić information content (AvgIpc) is 2.70. The number of rotatable bonds is 0. The second kappa shape index (κ2) is 4.67. The SMILES string of the molecule is C[C@]12CCC(=O)C=C1CC[C@@H]1C2CC[C@@]2(C)C1[C@H](O)C[C@@H]2O. The quantitative estimate of drug-likeness (QED) is 0.723. The molecule has 0 aromatic heterocycles. The number of hydrogen-bond acceptors (Lipinski definition) is 3. The van der Waals surface area contributed by atoms with Gasteiger partial charge in [-0.25, -0.2) is 0 Å². The summed E-state index contributed by atoms with van der Waals surface area (Å²) >= 11 is 0. The minimum atomic E-state index is -0.355. The summed E-state index contributed by atoms with van der Waals surface area (Å²) in [5, 5.41) is 21.1. The Morgan fingerprint density at radius 2 is 1.91 bits per heavy atom. The van der Waals surface area contributed by atoms with Crippen LogP contribution in [-0.4, -0.2) is 28.2 Å². The summed E-state index contributed by atoms with van der Waals surface area (Å²) in [5.41, 5.74) is 1.40. The Bertz CT molecular complexity index is 539. The van der Waals surface area contributed by atoms with Gasteiger partial charge in [0.05, 0.1) is 12.2 Å². The molecule has 0 radical (unpaired) electrons. The Kier molecular flexibility index (Phi) is 3.16. The molecule has 3 fully saturated rings. The van der Waals surface area contributed by atoms with Gasteiger partial charge in [0, 0.05) is 12.8 Å². The zero-order valence-corrected chi connectivity index (χ0v) is 13.7. The number of carbonyl (C=O) groups excluding carboxylic acids is 1. The molecule has 4 aliphatic carbocycles. The lowest BCUT2D eigenvalue weighted by molar-refractivity contribution is -0.119. The first-order valence-electron chi connectivity index (χ1n) is 8.96.